The first-order chi connectivity index (χ1) is 22.1. The number of nitrogens with zero attached hydrogens (tertiary/aromatic N) is 3. The molecule has 0 unspecified atom stereocenters. The summed E-state index contributed by atoms with van der Waals surface area (Å²) in [7, 11) is 0. The molecule has 216 valence electrons. The standard InChI is InChI=1S/C42H33N3/c1-28(2)24-31-17-19-36(42-35(31)15-9-22-44-42)32-18-20-38-37-14-6-7-16-40(37)45(41(38)27-32)34-13-8-12-33(25-34)39-26-30(21-23-43-39)29-10-4-3-5-11-29/h3-23,25-28H,24H2,1-2H3. The van der Waals surface area contributed by atoms with Gasteiger partial charge >= 0.3 is 0 Å². The minimum Gasteiger partial charge on any atom is -0.309 e. The molecule has 0 atom stereocenters. The van der Waals surface area contributed by atoms with Crippen molar-refractivity contribution in [1.82, 2.24) is 14.5 Å². The van der Waals surface area contributed by atoms with Crippen LogP contribution in [0.4, 0.5) is 0 Å². The van der Waals surface area contributed by atoms with E-state index in [1.165, 1.54) is 43.9 Å². The number of aromatic nitrogens is 3. The smallest absolute Gasteiger partial charge is 0.0783 e. The molecule has 3 heterocycles. The van der Waals surface area contributed by atoms with Gasteiger partial charge in [0.25, 0.3) is 0 Å². The average Bonchev–Trinajstić information content (AvgIpc) is 3.42. The Bertz CT molecular complexity index is 2330. The molecule has 0 saturated heterocycles. The van der Waals surface area contributed by atoms with Crippen LogP contribution in [0.25, 0.3) is 71.9 Å². The predicted molar refractivity (Wildman–Crippen MR) is 189 cm³/mol. The molecule has 0 spiro atoms. The van der Waals surface area contributed by atoms with E-state index in [2.05, 4.69) is 140 Å². The first kappa shape index (κ1) is 27.0. The second-order valence-electron chi connectivity index (χ2n) is 12.2. The molecular formula is C42H33N3. The van der Waals surface area contributed by atoms with Gasteiger partial charge in [0.1, 0.15) is 0 Å². The molecule has 0 aliphatic rings. The van der Waals surface area contributed by atoms with E-state index in [9.17, 15) is 0 Å². The maximum absolute atomic E-state index is 4.89. The summed E-state index contributed by atoms with van der Waals surface area (Å²) >= 11 is 0. The summed E-state index contributed by atoms with van der Waals surface area (Å²) < 4.78 is 2.39. The van der Waals surface area contributed by atoms with Crippen molar-refractivity contribution in [3.8, 4) is 39.2 Å². The van der Waals surface area contributed by atoms with Gasteiger partial charge in [-0.1, -0.05) is 105 Å². The Balaban J connectivity index is 1.30. The summed E-state index contributed by atoms with van der Waals surface area (Å²) in [5, 5.41) is 3.71. The number of pyridine rings is 2. The van der Waals surface area contributed by atoms with Gasteiger partial charge in [0, 0.05) is 45.4 Å². The number of fused-ring (bicyclic) bond motifs is 4. The summed E-state index contributed by atoms with van der Waals surface area (Å²) in [6, 6.07) is 47.8. The van der Waals surface area contributed by atoms with Crippen LogP contribution in [0.2, 0.25) is 0 Å². The van der Waals surface area contributed by atoms with Gasteiger partial charge in [-0.25, -0.2) is 0 Å². The molecule has 0 aliphatic carbocycles. The van der Waals surface area contributed by atoms with Crippen molar-refractivity contribution in [3.63, 3.8) is 0 Å². The molecule has 0 amide bonds. The van der Waals surface area contributed by atoms with Crippen LogP contribution in [0.1, 0.15) is 19.4 Å². The molecule has 8 aromatic rings. The lowest BCUT2D eigenvalue weighted by atomic mass is 9.94. The first-order valence-electron chi connectivity index (χ1n) is 15.7. The van der Waals surface area contributed by atoms with Gasteiger partial charge in [-0.15, -0.1) is 0 Å². The van der Waals surface area contributed by atoms with Gasteiger partial charge in [0.15, 0.2) is 0 Å². The number of rotatable bonds is 6. The van der Waals surface area contributed by atoms with Crippen molar-refractivity contribution in [1.29, 1.82) is 0 Å². The zero-order valence-corrected chi connectivity index (χ0v) is 25.5. The topological polar surface area (TPSA) is 30.7 Å². The lowest BCUT2D eigenvalue weighted by Crippen LogP contribution is -1.97. The molecular weight excluding hydrogens is 546 g/mol. The van der Waals surface area contributed by atoms with Crippen LogP contribution in [0, 0.1) is 5.92 Å². The summed E-state index contributed by atoms with van der Waals surface area (Å²) in [5.74, 6) is 0.582. The van der Waals surface area contributed by atoms with Crippen molar-refractivity contribution in [3.05, 3.63) is 151 Å². The SMILES string of the molecule is CC(C)Cc1ccc(-c2ccc3c4ccccc4n(-c4cccc(-c5cc(-c6ccccc6)ccn5)c4)c3c2)c2ncccc12. The van der Waals surface area contributed by atoms with Crippen LogP contribution >= 0.6 is 0 Å². The number of benzene rings is 5. The van der Waals surface area contributed by atoms with Crippen molar-refractivity contribution in [2.24, 2.45) is 5.92 Å². The normalized spacial score (nSPS) is 11.6. The van der Waals surface area contributed by atoms with Crippen LogP contribution in [0.15, 0.2) is 146 Å². The predicted octanol–water partition coefficient (Wildman–Crippen LogP) is 10.9. The molecule has 5 aromatic carbocycles. The quantitative estimate of drug-likeness (QED) is 0.196. The highest BCUT2D eigenvalue weighted by Crippen LogP contribution is 2.38. The first-order valence-corrected chi connectivity index (χ1v) is 15.7. The highest BCUT2D eigenvalue weighted by Gasteiger charge is 2.16. The van der Waals surface area contributed by atoms with Crippen LogP contribution in [0.3, 0.4) is 0 Å². The molecule has 0 bridgehead atoms. The van der Waals surface area contributed by atoms with Gasteiger partial charge in [0.05, 0.1) is 22.2 Å². The van der Waals surface area contributed by atoms with Crippen LogP contribution in [-0.4, -0.2) is 14.5 Å². The van der Waals surface area contributed by atoms with E-state index >= 15 is 0 Å². The molecule has 3 nitrogen and oxygen atoms in total. The Morgan fingerprint density at radius 2 is 1.33 bits per heavy atom. The number of hydrogen-bond donors (Lipinski definition) is 0. The number of para-hydroxylation sites is 1. The molecule has 3 heteroatoms. The fraction of sp³-hybridized carbons (Fsp3) is 0.0952. The van der Waals surface area contributed by atoms with Gasteiger partial charge in [0.2, 0.25) is 0 Å². The van der Waals surface area contributed by atoms with Gasteiger partial charge in [-0.3, -0.25) is 9.97 Å². The second-order valence-corrected chi connectivity index (χ2v) is 12.2. The molecule has 0 aliphatic heterocycles. The third kappa shape index (κ3) is 4.87. The maximum Gasteiger partial charge on any atom is 0.0783 e. The van der Waals surface area contributed by atoms with Gasteiger partial charge in [-0.05, 0) is 77.1 Å². The van der Waals surface area contributed by atoms with E-state index in [1.54, 1.807) is 0 Å². The van der Waals surface area contributed by atoms with Crippen molar-refractivity contribution in [2.45, 2.75) is 20.3 Å². The van der Waals surface area contributed by atoms with Crippen molar-refractivity contribution in [2.75, 3.05) is 0 Å². The molecule has 3 aromatic heterocycles. The Morgan fingerprint density at radius 3 is 2.22 bits per heavy atom. The Kier molecular flexibility index (Phi) is 6.72. The van der Waals surface area contributed by atoms with Crippen LogP contribution < -0.4 is 0 Å². The Hall–Kier alpha value is -5.54. The second kappa shape index (κ2) is 11.2. The van der Waals surface area contributed by atoms with Crippen LogP contribution in [-0.2, 0) is 6.42 Å². The molecule has 0 radical (unpaired) electrons. The van der Waals surface area contributed by atoms with E-state index in [-0.39, 0.29) is 0 Å². The van der Waals surface area contributed by atoms with Gasteiger partial charge < -0.3 is 4.57 Å². The van der Waals surface area contributed by atoms with E-state index in [4.69, 9.17) is 9.97 Å². The maximum atomic E-state index is 4.89. The van der Waals surface area contributed by atoms with Crippen LogP contribution in [0.5, 0.6) is 0 Å². The third-order valence-corrected chi connectivity index (χ3v) is 8.74. The molecule has 45 heavy (non-hydrogen) atoms. The van der Waals surface area contributed by atoms with Gasteiger partial charge in [-0.2, -0.15) is 0 Å². The highest BCUT2D eigenvalue weighted by atomic mass is 15.0. The zero-order chi connectivity index (χ0) is 30.3. The fourth-order valence-electron chi connectivity index (χ4n) is 6.70. The van der Waals surface area contributed by atoms with E-state index in [1.807, 2.05) is 24.5 Å². The average molecular weight is 580 g/mol. The minimum absolute atomic E-state index is 0.582. The van der Waals surface area contributed by atoms with Crippen molar-refractivity contribution < 1.29 is 0 Å². The fourth-order valence-corrected chi connectivity index (χ4v) is 6.70. The van der Waals surface area contributed by atoms with E-state index < -0.39 is 0 Å². The number of hydrogen-bond acceptors (Lipinski definition) is 2. The minimum atomic E-state index is 0.582. The summed E-state index contributed by atoms with van der Waals surface area (Å²) in [6.45, 7) is 4.54. The Labute approximate surface area is 263 Å². The molecule has 0 N–H and O–H groups in total. The molecule has 8 rings (SSSR count). The van der Waals surface area contributed by atoms with Crippen molar-refractivity contribution >= 4 is 32.7 Å². The lowest BCUT2D eigenvalue weighted by molar-refractivity contribution is 0.650. The molecule has 0 saturated carbocycles. The summed E-state index contributed by atoms with van der Waals surface area (Å²) in [4.78, 5) is 9.66. The third-order valence-electron chi connectivity index (χ3n) is 8.74. The molecule has 0 fully saturated rings. The zero-order valence-electron chi connectivity index (χ0n) is 25.5. The summed E-state index contributed by atoms with van der Waals surface area (Å²) in [5.41, 5.74) is 12.6. The summed E-state index contributed by atoms with van der Waals surface area (Å²) in [6.07, 6.45) is 4.85. The van der Waals surface area contributed by atoms with E-state index in [0.29, 0.717) is 5.92 Å². The monoisotopic (exact) mass is 579 g/mol. The lowest BCUT2D eigenvalue weighted by Gasteiger charge is -2.14. The van der Waals surface area contributed by atoms with E-state index in [0.717, 1.165) is 40.0 Å². The largest absolute Gasteiger partial charge is 0.309 e. The Morgan fingerprint density at radius 1 is 0.533 bits per heavy atom. The highest BCUT2D eigenvalue weighted by molar-refractivity contribution is 6.11.